The Morgan fingerprint density at radius 3 is 2.82 bits per heavy atom. The summed E-state index contributed by atoms with van der Waals surface area (Å²) in [4.78, 5) is 15.8. The van der Waals surface area contributed by atoms with Gasteiger partial charge < -0.3 is 5.32 Å². The van der Waals surface area contributed by atoms with Crippen molar-refractivity contribution in [3.63, 3.8) is 0 Å². The molecule has 0 saturated heterocycles. The van der Waals surface area contributed by atoms with Gasteiger partial charge >= 0.3 is 0 Å². The molecule has 1 amide bonds. The molecule has 0 unspecified atom stereocenters. The van der Waals surface area contributed by atoms with Gasteiger partial charge in [-0.2, -0.15) is 5.10 Å². The van der Waals surface area contributed by atoms with Crippen LogP contribution >= 0.6 is 0 Å². The van der Waals surface area contributed by atoms with Crippen molar-refractivity contribution in [1.29, 1.82) is 0 Å². The minimum absolute atomic E-state index is 0.126. The van der Waals surface area contributed by atoms with Crippen LogP contribution in [0.4, 0.5) is 5.69 Å². The van der Waals surface area contributed by atoms with E-state index in [1.807, 2.05) is 30.3 Å². The van der Waals surface area contributed by atoms with Gasteiger partial charge in [0.15, 0.2) is 0 Å². The molecule has 0 aliphatic carbocycles. The Morgan fingerprint density at radius 1 is 1.18 bits per heavy atom. The van der Waals surface area contributed by atoms with Gasteiger partial charge in [-0.05, 0) is 0 Å². The van der Waals surface area contributed by atoms with Crippen LogP contribution in [-0.4, -0.2) is 28.4 Å². The fraction of sp³-hybridized carbons (Fsp3) is 0.0833. The second-order valence-electron chi connectivity index (χ2n) is 3.74. The summed E-state index contributed by atoms with van der Waals surface area (Å²) in [6.07, 6.45) is 1.59. The maximum atomic E-state index is 11.5. The van der Waals surface area contributed by atoms with E-state index in [9.17, 15) is 4.79 Å². The minimum atomic E-state index is -0.126. The van der Waals surface area contributed by atoms with E-state index < -0.39 is 0 Å². The van der Waals surface area contributed by atoms with Crippen molar-refractivity contribution in [2.45, 2.75) is 0 Å². The van der Waals surface area contributed by atoms with E-state index in [1.165, 1.54) is 0 Å². The molecule has 2 heterocycles. The van der Waals surface area contributed by atoms with E-state index in [-0.39, 0.29) is 12.5 Å². The van der Waals surface area contributed by atoms with Crippen LogP contribution in [0.1, 0.15) is 11.3 Å². The normalized spacial score (nSPS) is 14.6. The lowest BCUT2D eigenvalue weighted by Gasteiger charge is -2.03. The second kappa shape index (κ2) is 3.86. The van der Waals surface area contributed by atoms with Gasteiger partial charge in [0.2, 0.25) is 5.91 Å². The molecule has 2 aromatic rings. The summed E-state index contributed by atoms with van der Waals surface area (Å²) in [7, 11) is 0. The highest BCUT2D eigenvalue weighted by molar-refractivity contribution is 6.17. The Kier molecular flexibility index (Phi) is 2.22. The first kappa shape index (κ1) is 9.77. The number of anilines is 1. The first-order valence-electron chi connectivity index (χ1n) is 5.28. The molecule has 1 aromatic heterocycles. The Hall–Kier alpha value is -2.43. The minimum Gasteiger partial charge on any atom is -0.321 e. The van der Waals surface area contributed by atoms with E-state index in [1.54, 1.807) is 6.20 Å². The maximum Gasteiger partial charge on any atom is 0.246 e. The number of H-pyrrole nitrogens is 1. The van der Waals surface area contributed by atoms with Gasteiger partial charge in [0.05, 0.1) is 17.6 Å². The number of carbonyl (C=O) groups excluding carboxylic acids is 1. The van der Waals surface area contributed by atoms with Gasteiger partial charge in [0, 0.05) is 5.56 Å². The van der Waals surface area contributed by atoms with Gasteiger partial charge in [-0.15, -0.1) is 0 Å². The molecule has 0 spiro atoms. The predicted molar refractivity (Wildman–Crippen MR) is 64.2 cm³/mol. The predicted octanol–water partition coefficient (Wildman–Crippen LogP) is 1.20. The number of hydrogen-bond acceptors (Lipinski definition) is 3. The number of amides is 1. The van der Waals surface area contributed by atoms with Crippen LogP contribution in [0.25, 0.3) is 0 Å². The standard InChI is InChI=1S/C12H10N4O/c17-10-7-13-11(8-4-2-1-3-5-8)12-9(15-10)6-14-16-12/h1-6H,7H2,(H,14,16)(H,15,17). The van der Waals surface area contributed by atoms with Crippen molar-refractivity contribution in [2.75, 3.05) is 11.9 Å². The van der Waals surface area contributed by atoms with Crippen LogP contribution < -0.4 is 5.32 Å². The number of benzene rings is 1. The number of fused-ring (bicyclic) bond motifs is 1. The van der Waals surface area contributed by atoms with Crippen molar-refractivity contribution >= 4 is 17.3 Å². The second-order valence-corrected chi connectivity index (χ2v) is 3.74. The number of aromatic nitrogens is 2. The van der Waals surface area contributed by atoms with Crippen molar-refractivity contribution in [3.05, 3.63) is 47.8 Å². The molecule has 17 heavy (non-hydrogen) atoms. The first-order valence-corrected chi connectivity index (χ1v) is 5.28. The van der Waals surface area contributed by atoms with E-state index in [0.29, 0.717) is 5.69 Å². The summed E-state index contributed by atoms with van der Waals surface area (Å²) in [6, 6.07) is 9.73. The number of hydrogen-bond donors (Lipinski definition) is 2. The molecule has 0 radical (unpaired) electrons. The van der Waals surface area contributed by atoms with Gasteiger partial charge in [-0.1, -0.05) is 30.3 Å². The van der Waals surface area contributed by atoms with Gasteiger partial charge in [-0.25, -0.2) is 0 Å². The maximum absolute atomic E-state index is 11.5. The molecular weight excluding hydrogens is 216 g/mol. The number of nitrogens with one attached hydrogen (secondary N) is 2. The number of nitrogens with zero attached hydrogens (tertiary/aromatic N) is 2. The van der Waals surface area contributed by atoms with Gasteiger partial charge in [0.25, 0.3) is 0 Å². The van der Waals surface area contributed by atoms with Crippen molar-refractivity contribution in [1.82, 2.24) is 10.2 Å². The quantitative estimate of drug-likeness (QED) is 0.767. The van der Waals surface area contributed by atoms with E-state index >= 15 is 0 Å². The molecule has 3 rings (SSSR count). The van der Waals surface area contributed by atoms with Crippen LogP contribution in [0.2, 0.25) is 0 Å². The van der Waals surface area contributed by atoms with Crippen LogP contribution in [0.5, 0.6) is 0 Å². The number of rotatable bonds is 1. The average Bonchev–Trinajstić information content (AvgIpc) is 2.73. The highest BCUT2D eigenvalue weighted by Gasteiger charge is 2.19. The molecule has 5 heteroatoms. The van der Waals surface area contributed by atoms with Crippen molar-refractivity contribution in [3.8, 4) is 0 Å². The third-order valence-electron chi connectivity index (χ3n) is 2.58. The zero-order valence-corrected chi connectivity index (χ0v) is 8.97. The summed E-state index contributed by atoms with van der Waals surface area (Å²) in [6.45, 7) is 0.132. The molecule has 0 saturated carbocycles. The summed E-state index contributed by atoms with van der Waals surface area (Å²) in [5, 5.41) is 9.56. The molecular formula is C12H10N4O. The summed E-state index contributed by atoms with van der Waals surface area (Å²) >= 11 is 0. The van der Waals surface area contributed by atoms with Crippen LogP contribution in [0, 0.1) is 0 Å². The fourth-order valence-corrected chi connectivity index (χ4v) is 1.81. The highest BCUT2D eigenvalue weighted by atomic mass is 16.1. The Labute approximate surface area is 97.6 Å². The first-order chi connectivity index (χ1) is 8.34. The Bertz CT molecular complexity index is 586. The molecule has 0 fully saturated rings. The molecule has 5 nitrogen and oxygen atoms in total. The van der Waals surface area contributed by atoms with E-state index in [0.717, 1.165) is 17.0 Å². The highest BCUT2D eigenvalue weighted by Crippen LogP contribution is 2.19. The molecule has 0 atom stereocenters. The topological polar surface area (TPSA) is 70.1 Å². The molecule has 1 aliphatic rings. The van der Waals surface area contributed by atoms with Crippen molar-refractivity contribution in [2.24, 2.45) is 4.99 Å². The number of carbonyl (C=O) groups is 1. The zero-order chi connectivity index (χ0) is 11.7. The largest absolute Gasteiger partial charge is 0.321 e. The van der Waals surface area contributed by atoms with Crippen LogP contribution in [0.3, 0.4) is 0 Å². The van der Waals surface area contributed by atoms with Gasteiger partial charge in [-0.3, -0.25) is 14.9 Å². The molecule has 2 N–H and O–H groups in total. The summed E-state index contributed by atoms with van der Waals surface area (Å²) < 4.78 is 0. The van der Waals surface area contributed by atoms with Crippen LogP contribution in [-0.2, 0) is 4.79 Å². The zero-order valence-electron chi connectivity index (χ0n) is 8.97. The van der Waals surface area contributed by atoms with Crippen molar-refractivity contribution < 1.29 is 4.79 Å². The smallest absolute Gasteiger partial charge is 0.246 e. The van der Waals surface area contributed by atoms with Gasteiger partial charge in [0.1, 0.15) is 12.2 Å². The molecule has 1 aliphatic heterocycles. The lowest BCUT2D eigenvalue weighted by molar-refractivity contribution is -0.114. The van der Waals surface area contributed by atoms with E-state index in [2.05, 4.69) is 20.5 Å². The third kappa shape index (κ3) is 1.71. The SMILES string of the molecule is O=C1CN=C(c2ccccc2)c2[nH]ncc2N1. The van der Waals surface area contributed by atoms with E-state index in [4.69, 9.17) is 0 Å². The molecule has 84 valence electrons. The third-order valence-corrected chi connectivity index (χ3v) is 2.58. The Balaban J connectivity index is 2.14. The summed E-state index contributed by atoms with van der Waals surface area (Å²) in [5.74, 6) is -0.126. The Morgan fingerprint density at radius 2 is 2.00 bits per heavy atom. The average molecular weight is 226 g/mol. The number of aliphatic imine (C=N–C) groups is 1. The number of aromatic amines is 1. The summed E-state index contributed by atoms with van der Waals surface area (Å²) in [5.41, 5.74) is 3.16. The fourth-order valence-electron chi connectivity index (χ4n) is 1.81. The lowest BCUT2D eigenvalue weighted by atomic mass is 10.1. The lowest BCUT2D eigenvalue weighted by Crippen LogP contribution is -2.12. The monoisotopic (exact) mass is 226 g/mol. The molecule has 1 aromatic carbocycles. The van der Waals surface area contributed by atoms with Crippen LogP contribution in [0.15, 0.2) is 41.5 Å². The molecule has 0 bridgehead atoms.